The maximum Gasteiger partial charge on any atom is 0.573 e. The lowest BCUT2D eigenvalue weighted by Crippen LogP contribution is -2.31. The highest BCUT2D eigenvalue weighted by Crippen LogP contribution is 2.25. The predicted octanol–water partition coefficient (Wildman–Crippen LogP) is 4.44. The number of aryl methyl sites for hydroxylation is 1. The highest BCUT2D eigenvalue weighted by molar-refractivity contribution is 5.77. The molecule has 1 unspecified atom stereocenters. The van der Waals surface area contributed by atoms with Crippen LogP contribution >= 0.6 is 0 Å². The zero-order chi connectivity index (χ0) is 26.6. The van der Waals surface area contributed by atoms with Crippen LogP contribution in [0.3, 0.4) is 0 Å². The van der Waals surface area contributed by atoms with Crippen molar-refractivity contribution in [3.8, 4) is 5.75 Å². The Hall–Kier alpha value is -4.06. The second-order valence-corrected chi connectivity index (χ2v) is 8.13. The van der Waals surface area contributed by atoms with Crippen molar-refractivity contribution in [2.45, 2.75) is 31.8 Å². The van der Waals surface area contributed by atoms with E-state index in [9.17, 15) is 31.9 Å². The van der Waals surface area contributed by atoms with Gasteiger partial charge in [0.1, 0.15) is 17.1 Å². The molecule has 4 rings (SSSR count). The molecule has 0 bridgehead atoms. The Balaban J connectivity index is 1.45. The van der Waals surface area contributed by atoms with Gasteiger partial charge in [-0.1, -0.05) is 18.2 Å². The Morgan fingerprint density at radius 2 is 1.84 bits per heavy atom. The van der Waals surface area contributed by atoms with Crippen LogP contribution in [0.4, 0.5) is 22.0 Å². The number of alkyl halides is 3. The van der Waals surface area contributed by atoms with Crippen LogP contribution in [-0.4, -0.2) is 38.5 Å². The Kier molecular flexibility index (Phi) is 7.67. The largest absolute Gasteiger partial charge is 0.573 e. The predicted molar refractivity (Wildman–Crippen MR) is 122 cm³/mol. The molecular weight excluding hydrogens is 499 g/mol. The second-order valence-electron chi connectivity index (χ2n) is 8.13. The molecule has 2 aromatic carbocycles. The molecule has 0 saturated carbocycles. The van der Waals surface area contributed by atoms with Crippen molar-refractivity contribution in [2.75, 3.05) is 6.61 Å². The number of aliphatic hydroxyl groups is 1. The molecule has 12 heteroatoms. The van der Waals surface area contributed by atoms with Gasteiger partial charge in [0.15, 0.2) is 17.3 Å². The lowest BCUT2D eigenvalue weighted by atomic mass is 10.1. The van der Waals surface area contributed by atoms with Gasteiger partial charge in [0.2, 0.25) is 5.91 Å². The molecule has 0 aliphatic carbocycles. The minimum atomic E-state index is -4.83. The summed E-state index contributed by atoms with van der Waals surface area (Å²) >= 11 is 0. The molecule has 0 aliphatic rings. The van der Waals surface area contributed by atoms with Gasteiger partial charge >= 0.3 is 6.36 Å². The zero-order valence-corrected chi connectivity index (χ0v) is 19.2. The molecule has 7 nitrogen and oxygen atoms in total. The molecule has 2 N–H and O–H groups in total. The Morgan fingerprint density at radius 3 is 2.51 bits per heavy atom. The fourth-order valence-corrected chi connectivity index (χ4v) is 3.81. The summed E-state index contributed by atoms with van der Waals surface area (Å²) in [5.74, 6) is -2.32. The van der Waals surface area contributed by atoms with E-state index in [0.29, 0.717) is 28.1 Å². The molecule has 194 valence electrons. The molecule has 0 fully saturated rings. The van der Waals surface area contributed by atoms with Crippen LogP contribution in [0.2, 0.25) is 0 Å². The standard InChI is InChI=1S/C25H21F5N4O3/c26-18-8-3-15(12-19(18)27)13-34-22(32-20-2-1-11-31-24(20)34)9-10-23(36)33-21(14-35)16-4-6-17(7-5-16)37-25(28,29)30/h1-8,11-12,21,35H,9-10,13-14H2,(H,33,36). The number of hydrogen-bond acceptors (Lipinski definition) is 5. The minimum absolute atomic E-state index is 0.0349. The topological polar surface area (TPSA) is 89.3 Å². The summed E-state index contributed by atoms with van der Waals surface area (Å²) in [6.45, 7) is -0.336. The third-order valence-electron chi connectivity index (χ3n) is 5.52. The number of halogens is 5. The summed E-state index contributed by atoms with van der Waals surface area (Å²) in [6.07, 6.45) is -3.13. The fourth-order valence-electron chi connectivity index (χ4n) is 3.81. The van der Waals surface area contributed by atoms with Gasteiger partial charge in [-0.3, -0.25) is 4.79 Å². The highest BCUT2D eigenvalue weighted by atomic mass is 19.4. The minimum Gasteiger partial charge on any atom is -0.406 e. The first-order chi connectivity index (χ1) is 17.6. The van der Waals surface area contributed by atoms with E-state index in [1.165, 1.54) is 18.2 Å². The molecule has 0 aliphatic heterocycles. The first kappa shape index (κ1) is 26.0. The lowest BCUT2D eigenvalue weighted by Gasteiger charge is -2.17. The van der Waals surface area contributed by atoms with E-state index in [-0.39, 0.29) is 19.4 Å². The van der Waals surface area contributed by atoms with Crippen LogP contribution in [0, 0.1) is 11.6 Å². The SMILES string of the molecule is O=C(CCc1nc2cccnc2n1Cc1ccc(F)c(F)c1)NC(CO)c1ccc(OC(F)(F)F)cc1. The number of rotatable bonds is 9. The van der Waals surface area contributed by atoms with Gasteiger partial charge < -0.3 is 19.7 Å². The van der Waals surface area contributed by atoms with Crippen LogP contribution in [0.5, 0.6) is 5.75 Å². The third kappa shape index (κ3) is 6.58. The van der Waals surface area contributed by atoms with Gasteiger partial charge in [0, 0.05) is 19.0 Å². The molecule has 0 spiro atoms. The van der Waals surface area contributed by atoms with Crippen molar-refractivity contribution >= 4 is 17.1 Å². The molecule has 1 atom stereocenters. The quantitative estimate of drug-likeness (QED) is 0.319. The van der Waals surface area contributed by atoms with Crippen LogP contribution < -0.4 is 10.1 Å². The van der Waals surface area contributed by atoms with Gasteiger partial charge in [-0.25, -0.2) is 18.7 Å². The first-order valence-electron chi connectivity index (χ1n) is 11.1. The summed E-state index contributed by atoms with van der Waals surface area (Å²) in [7, 11) is 0. The van der Waals surface area contributed by atoms with E-state index in [2.05, 4.69) is 20.0 Å². The summed E-state index contributed by atoms with van der Waals surface area (Å²) in [6, 6.07) is 10.9. The summed E-state index contributed by atoms with van der Waals surface area (Å²) in [4.78, 5) is 21.5. The Bertz CT molecular complexity index is 1390. The number of pyridine rings is 1. The summed E-state index contributed by atoms with van der Waals surface area (Å²) in [5.41, 5.74) is 1.94. The van der Waals surface area contributed by atoms with Crippen molar-refractivity contribution in [2.24, 2.45) is 0 Å². The summed E-state index contributed by atoms with van der Waals surface area (Å²) in [5, 5.41) is 12.3. The molecule has 0 saturated heterocycles. The average molecular weight is 520 g/mol. The summed E-state index contributed by atoms with van der Waals surface area (Å²) < 4.78 is 69.7. The van der Waals surface area contributed by atoms with Crippen molar-refractivity contribution in [1.29, 1.82) is 0 Å². The Morgan fingerprint density at radius 1 is 1.08 bits per heavy atom. The number of imidazole rings is 1. The monoisotopic (exact) mass is 520 g/mol. The van der Waals surface area contributed by atoms with Gasteiger partial charge in [0.05, 0.1) is 19.2 Å². The van der Waals surface area contributed by atoms with E-state index < -0.39 is 42.3 Å². The molecule has 1 amide bonds. The third-order valence-corrected chi connectivity index (χ3v) is 5.52. The number of ether oxygens (including phenoxy) is 1. The normalized spacial score (nSPS) is 12.5. The van der Waals surface area contributed by atoms with Crippen LogP contribution in [-0.2, 0) is 17.8 Å². The lowest BCUT2D eigenvalue weighted by molar-refractivity contribution is -0.274. The van der Waals surface area contributed by atoms with E-state index in [0.717, 1.165) is 24.3 Å². The van der Waals surface area contributed by atoms with Crippen LogP contribution in [0.25, 0.3) is 11.2 Å². The first-order valence-corrected chi connectivity index (χ1v) is 11.1. The van der Waals surface area contributed by atoms with E-state index in [4.69, 9.17) is 0 Å². The van der Waals surface area contributed by atoms with Gasteiger partial charge in [-0.2, -0.15) is 0 Å². The number of nitrogens with zero attached hydrogens (tertiary/aromatic N) is 3. The number of aromatic nitrogens is 3. The molecule has 2 aromatic heterocycles. The molecular formula is C25H21F5N4O3. The number of aliphatic hydroxyl groups excluding tert-OH is 1. The number of benzene rings is 2. The molecule has 0 radical (unpaired) electrons. The van der Waals surface area contributed by atoms with Crippen LogP contribution in [0.1, 0.15) is 29.4 Å². The Labute approximate surface area is 207 Å². The fraction of sp³-hybridized carbons (Fsp3) is 0.240. The number of fused-ring (bicyclic) bond motifs is 1. The number of carbonyl (C=O) groups excluding carboxylic acids is 1. The van der Waals surface area contributed by atoms with E-state index in [1.807, 2.05) is 0 Å². The number of carbonyl (C=O) groups is 1. The van der Waals surface area contributed by atoms with E-state index in [1.54, 1.807) is 22.9 Å². The van der Waals surface area contributed by atoms with Crippen LogP contribution in [0.15, 0.2) is 60.8 Å². The number of hydrogen-bond donors (Lipinski definition) is 2. The molecule has 4 aromatic rings. The smallest absolute Gasteiger partial charge is 0.406 e. The highest BCUT2D eigenvalue weighted by Gasteiger charge is 2.31. The van der Waals surface area contributed by atoms with Crippen molar-refractivity contribution in [3.63, 3.8) is 0 Å². The average Bonchev–Trinajstić information content (AvgIpc) is 3.20. The van der Waals surface area contributed by atoms with Crippen molar-refractivity contribution < 1.29 is 36.6 Å². The van der Waals surface area contributed by atoms with Gasteiger partial charge in [-0.15, -0.1) is 13.2 Å². The maximum absolute atomic E-state index is 13.7. The number of nitrogens with one attached hydrogen (secondary N) is 1. The molecule has 2 heterocycles. The zero-order valence-electron chi connectivity index (χ0n) is 19.2. The van der Waals surface area contributed by atoms with Crippen molar-refractivity contribution in [1.82, 2.24) is 19.9 Å². The second kappa shape index (κ2) is 10.9. The van der Waals surface area contributed by atoms with E-state index >= 15 is 0 Å². The van der Waals surface area contributed by atoms with Gasteiger partial charge in [-0.05, 0) is 47.5 Å². The van der Waals surface area contributed by atoms with Gasteiger partial charge in [0.25, 0.3) is 0 Å². The number of amides is 1. The van der Waals surface area contributed by atoms with Crippen molar-refractivity contribution in [3.05, 3.63) is 89.4 Å². The molecule has 37 heavy (non-hydrogen) atoms. The maximum atomic E-state index is 13.7.